The predicted octanol–water partition coefficient (Wildman–Crippen LogP) is 2.95. The monoisotopic (exact) mass is 534 g/mol. The fourth-order valence-corrected chi connectivity index (χ4v) is 5.11. The minimum atomic E-state index is -0.616. The molecular weight excluding hydrogens is 516 g/mol. The molecule has 0 radical (unpaired) electrons. The van der Waals surface area contributed by atoms with Gasteiger partial charge >= 0.3 is 11.9 Å². The highest BCUT2D eigenvalue weighted by atomic mass is 79.9. The largest absolute Gasteiger partial charge is 0.463 e. The Bertz CT molecular complexity index is 444. The van der Waals surface area contributed by atoms with Gasteiger partial charge in [0.05, 0.1) is 6.61 Å². The van der Waals surface area contributed by atoms with E-state index in [4.69, 9.17) is 18.9 Å². The van der Waals surface area contributed by atoms with Crippen molar-refractivity contribution in [3.8, 4) is 0 Å². The Labute approximate surface area is 167 Å². The highest BCUT2D eigenvalue weighted by molar-refractivity contribution is 9.10. The summed E-state index contributed by atoms with van der Waals surface area (Å²) in [7, 11) is 0. The molecule has 0 amide bonds. The quantitative estimate of drug-likeness (QED) is 0.256. The Morgan fingerprint density at radius 1 is 1.08 bits per heavy atom. The van der Waals surface area contributed by atoms with Gasteiger partial charge in [0.15, 0.2) is 6.29 Å². The van der Waals surface area contributed by atoms with Crippen LogP contribution in [0.1, 0.15) is 13.8 Å². The summed E-state index contributed by atoms with van der Waals surface area (Å²) in [5.41, 5.74) is -0.116. The van der Waals surface area contributed by atoms with Crippen molar-refractivity contribution in [2.24, 2.45) is 5.41 Å². The molecule has 9 heteroatoms. The molecule has 0 unspecified atom stereocenters. The molecule has 6 nitrogen and oxygen atoms in total. The highest BCUT2D eigenvalue weighted by Gasteiger charge is 2.33. The molecule has 1 aliphatic heterocycles. The summed E-state index contributed by atoms with van der Waals surface area (Å²) in [5, 5.41) is 2.25. The number of alkyl halides is 3. The lowest BCUT2D eigenvalue weighted by atomic mass is 9.98. The van der Waals surface area contributed by atoms with Crippen LogP contribution >= 0.6 is 47.8 Å². The van der Waals surface area contributed by atoms with Gasteiger partial charge in [-0.1, -0.05) is 47.8 Å². The lowest BCUT2D eigenvalue weighted by Crippen LogP contribution is -2.43. The molecule has 0 aromatic rings. The molecule has 0 N–H and O–H groups in total. The first-order valence-electron chi connectivity index (χ1n) is 7.29. The van der Waals surface area contributed by atoms with Gasteiger partial charge in [0, 0.05) is 35.3 Å². The molecule has 0 saturated heterocycles. The van der Waals surface area contributed by atoms with Crippen LogP contribution in [0.2, 0.25) is 0 Å². The van der Waals surface area contributed by atoms with Gasteiger partial charge in [0.25, 0.3) is 0 Å². The molecule has 1 rings (SSSR count). The van der Waals surface area contributed by atoms with Gasteiger partial charge in [-0.15, -0.1) is 0 Å². The predicted molar refractivity (Wildman–Crippen MR) is 99.8 cm³/mol. The minimum Gasteiger partial charge on any atom is -0.463 e. The van der Waals surface area contributed by atoms with Crippen LogP contribution in [-0.2, 0) is 28.5 Å². The zero-order valence-corrected chi connectivity index (χ0v) is 18.3. The van der Waals surface area contributed by atoms with Crippen LogP contribution in [0.5, 0.6) is 0 Å². The van der Waals surface area contributed by atoms with E-state index in [1.54, 1.807) is 12.2 Å². The first kappa shape index (κ1) is 22.1. The van der Waals surface area contributed by atoms with Gasteiger partial charge in [-0.05, 0) is 12.2 Å². The van der Waals surface area contributed by atoms with E-state index in [2.05, 4.69) is 47.8 Å². The Balaban J connectivity index is 2.70. The summed E-state index contributed by atoms with van der Waals surface area (Å²) in [4.78, 5) is 22.2. The lowest BCUT2D eigenvalue weighted by molar-refractivity contribution is -0.201. The van der Waals surface area contributed by atoms with Crippen LogP contribution in [0.25, 0.3) is 0 Å². The van der Waals surface area contributed by atoms with Crippen molar-refractivity contribution in [3.05, 3.63) is 12.2 Å². The third-order valence-corrected chi connectivity index (χ3v) is 6.86. The van der Waals surface area contributed by atoms with E-state index in [-0.39, 0.29) is 12.0 Å². The van der Waals surface area contributed by atoms with Gasteiger partial charge in [-0.25, -0.2) is 0 Å². The van der Waals surface area contributed by atoms with E-state index >= 15 is 0 Å². The van der Waals surface area contributed by atoms with Crippen molar-refractivity contribution in [3.63, 3.8) is 0 Å². The topological polar surface area (TPSA) is 71.1 Å². The van der Waals surface area contributed by atoms with Crippen LogP contribution in [0.15, 0.2) is 12.2 Å². The van der Waals surface area contributed by atoms with Gasteiger partial charge in [-0.2, -0.15) is 0 Å². The van der Waals surface area contributed by atoms with E-state index in [9.17, 15) is 9.59 Å². The normalized spacial score (nSPS) is 23.8. The molecule has 0 saturated carbocycles. The number of hydrogen-bond acceptors (Lipinski definition) is 6. The highest BCUT2D eigenvalue weighted by Crippen LogP contribution is 2.28. The smallest absolute Gasteiger partial charge is 0.303 e. The van der Waals surface area contributed by atoms with Crippen LogP contribution in [0.4, 0.5) is 0 Å². The molecule has 1 heterocycles. The Kier molecular flexibility index (Phi) is 10.0. The maximum atomic E-state index is 11.2. The van der Waals surface area contributed by atoms with E-state index in [1.165, 1.54) is 13.8 Å². The van der Waals surface area contributed by atoms with Crippen molar-refractivity contribution in [2.75, 3.05) is 29.2 Å². The summed E-state index contributed by atoms with van der Waals surface area (Å²) in [6, 6.07) is 0. The fourth-order valence-electron chi connectivity index (χ4n) is 1.84. The molecule has 0 spiro atoms. The molecule has 1 aliphatic rings. The standard InChI is InChI=1S/C15H21Br3O6/c1-10(19)21-5-13-12(23-11(2)20)3-4-14(24-13)22-9-15(6-16,7-17)8-18/h3-4,12-14H,5-9H2,1-2H3/t12-,13+,14-/m0/s1. The number of esters is 2. The number of hydrogen-bond donors (Lipinski definition) is 0. The minimum absolute atomic E-state index is 0.0159. The number of carbonyl (C=O) groups excluding carboxylic acids is 2. The van der Waals surface area contributed by atoms with Crippen molar-refractivity contribution in [1.82, 2.24) is 0 Å². The Morgan fingerprint density at radius 2 is 1.71 bits per heavy atom. The summed E-state index contributed by atoms with van der Waals surface area (Å²) in [6.07, 6.45) is 1.56. The summed E-state index contributed by atoms with van der Waals surface area (Å²) < 4.78 is 21.8. The molecular formula is C15H21Br3O6. The molecule has 0 aromatic heterocycles. The van der Waals surface area contributed by atoms with Crippen LogP contribution in [-0.4, -0.2) is 59.6 Å². The van der Waals surface area contributed by atoms with Crippen LogP contribution in [0, 0.1) is 5.41 Å². The summed E-state index contributed by atoms with van der Waals surface area (Å²) in [5.74, 6) is -0.860. The Morgan fingerprint density at radius 3 is 2.21 bits per heavy atom. The number of carbonyl (C=O) groups is 2. The van der Waals surface area contributed by atoms with E-state index < -0.39 is 30.4 Å². The summed E-state index contributed by atoms with van der Waals surface area (Å²) >= 11 is 10.5. The molecule has 3 atom stereocenters. The maximum Gasteiger partial charge on any atom is 0.303 e. The van der Waals surface area contributed by atoms with Gasteiger partial charge in [0.2, 0.25) is 0 Å². The zero-order valence-electron chi connectivity index (χ0n) is 13.5. The maximum absolute atomic E-state index is 11.2. The second-order valence-corrected chi connectivity index (χ2v) is 7.20. The molecule has 0 aliphatic carbocycles. The number of halogens is 3. The van der Waals surface area contributed by atoms with Crippen LogP contribution in [0.3, 0.4) is 0 Å². The summed E-state index contributed by atoms with van der Waals surface area (Å²) in [6.45, 7) is 3.06. The van der Waals surface area contributed by atoms with Gasteiger partial charge in [-0.3, -0.25) is 9.59 Å². The third kappa shape index (κ3) is 7.11. The average molecular weight is 537 g/mol. The molecule has 0 aromatic carbocycles. The van der Waals surface area contributed by atoms with Crippen molar-refractivity contribution in [1.29, 1.82) is 0 Å². The van der Waals surface area contributed by atoms with Crippen LogP contribution < -0.4 is 0 Å². The molecule has 0 fully saturated rings. The Hall–Kier alpha value is 0.0400. The zero-order chi connectivity index (χ0) is 18.2. The molecule has 138 valence electrons. The number of rotatable bonds is 9. The second kappa shape index (κ2) is 10.9. The molecule has 24 heavy (non-hydrogen) atoms. The first-order chi connectivity index (χ1) is 11.4. The average Bonchev–Trinajstić information content (AvgIpc) is 2.55. The van der Waals surface area contributed by atoms with E-state index in [0.717, 1.165) is 16.0 Å². The molecule has 0 bridgehead atoms. The number of ether oxygens (including phenoxy) is 4. The van der Waals surface area contributed by atoms with E-state index in [1.807, 2.05) is 0 Å². The third-order valence-electron chi connectivity index (χ3n) is 3.29. The van der Waals surface area contributed by atoms with Crippen molar-refractivity contribution < 1.29 is 28.5 Å². The van der Waals surface area contributed by atoms with Crippen molar-refractivity contribution in [2.45, 2.75) is 32.3 Å². The van der Waals surface area contributed by atoms with E-state index in [0.29, 0.717) is 6.61 Å². The van der Waals surface area contributed by atoms with Crippen molar-refractivity contribution >= 4 is 59.7 Å². The lowest BCUT2D eigenvalue weighted by Gasteiger charge is -2.34. The fraction of sp³-hybridized carbons (Fsp3) is 0.733. The van der Waals surface area contributed by atoms with Gasteiger partial charge < -0.3 is 18.9 Å². The SMILES string of the molecule is CC(=O)OC[C@H]1O[C@H](OCC(CBr)(CBr)CBr)C=C[C@@H]1OC(C)=O. The van der Waals surface area contributed by atoms with Gasteiger partial charge in [0.1, 0.15) is 18.8 Å². The second-order valence-electron chi connectivity index (χ2n) is 5.52. The first-order valence-corrected chi connectivity index (χ1v) is 10.7.